The van der Waals surface area contributed by atoms with E-state index in [4.69, 9.17) is 4.74 Å². The first-order valence-electron chi connectivity index (χ1n) is 9.04. The fourth-order valence-corrected chi connectivity index (χ4v) is 3.36. The van der Waals surface area contributed by atoms with Gasteiger partial charge in [0.05, 0.1) is 18.4 Å². The number of benzene rings is 2. The number of carbonyl (C=O) groups is 1. The molecule has 0 unspecified atom stereocenters. The van der Waals surface area contributed by atoms with Crippen LogP contribution in [0.1, 0.15) is 23.2 Å². The second-order valence-corrected chi connectivity index (χ2v) is 6.89. The first-order chi connectivity index (χ1) is 12.6. The minimum absolute atomic E-state index is 0.0961. The van der Waals surface area contributed by atoms with Crippen molar-refractivity contribution in [2.45, 2.75) is 18.9 Å². The molecule has 1 aliphatic rings. The number of para-hydroxylation sites is 1. The summed E-state index contributed by atoms with van der Waals surface area (Å²) in [6, 6.07) is 16.0. The van der Waals surface area contributed by atoms with E-state index in [-0.39, 0.29) is 5.91 Å². The third-order valence-electron chi connectivity index (χ3n) is 5.01. The molecule has 3 rings (SSSR count). The zero-order valence-corrected chi connectivity index (χ0v) is 15.7. The van der Waals surface area contributed by atoms with Crippen molar-refractivity contribution in [2.75, 3.05) is 39.6 Å². The van der Waals surface area contributed by atoms with Crippen LogP contribution in [0.15, 0.2) is 48.5 Å². The first kappa shape index (κ1) is 18.3. The van der Waals surface area contributed by atoms with Crippen molar-refractivity contribution in [3.8, 4) is 5.75 Å². The highest BCUT2D eigenvalue weighted by Crippen LogP contribution is 2.25. The monoisotopic (exact) mass is 353 g/mol. The molecular formula is C21H27N3O2. The number of nitrogens with zero attached hydrogens (tertiary/aromatic N) is 2. The van der Waals surface area contributed by atoms with Crippen molar-refractivity contribution >= 4 is 17.3 Å². The lowest BCUT2D eigenvalue weighted by molar-refractivity contribution is 0.0664. The summed E-state index contributed by atoms with van der Waals surface area (Å²) < 4.78 is 5.19. The lowest BCUT2D eigenvalue weighted by atomic mass is 10.0. The number of hydrogen-bond donors (Lipinski definition) is 1. The maximum Gasteiger partial charge on any atom is 0.255 e. The molecule has 0 bridgehead atoms. The second kappa shape index (κ2) is 8.23. The number of piperidine rings is 1. The van der Waals surface area contributed by atoms with Gasteiger partial charge in [0.25, 0.3) is 5.91 Å². The summed E-state index contributed by atoms with van der Waals surface area (Å²) in [4.78, 5) is 17.3. The van der Waals surface area contributed by atoms with Gasteiger partial charge >= 0.3 is 0 Å². The highest BCUT2D eigenvalue weighted by atomic mass is 16.5. The SMILES string of the molecule is COc1ccc(Nc2ccccc2C(=O)N2CCC(N(C)C)CC2)cc1. The standard InChI is InChI=1S/C21H27N3O2/c1-23(2)17-12-14-24(15-13-17)21(25)19-6-4-5-7-20(19)22-16-8-10-18(26-3)11-9-16/h4-11,17,22H,12-15H2,1-3H3. The highest BCUT2D eigenvalue weighted by molar-refractivity contribution is 6.00. The molecule has 0 atom stereocenters. The second-order valence-electron chi connectivity index (χ2n) is 6.89. The van der Waals surface area contributed by atoms with Crippen LogP contribution in [0.25, 0.3) is 0 Å². The number of rotatable bonds is 5. The number of methoxy groups -OCH3 is 1. The molecule has 5 heteroatoms. The maximum absolute atomic E-state index is 13.0. The molecule has 0 saturated carbocycles. The Hall–Kier alpha value is -2.53. The van der Waals surface area contributed by atoms with E-state index in [9.17, 15) is 4.79 Å². The van der Waals surface area contributed by atoms with Gasteiger partial charge in [-0.25, -0.2) is 0 Å². The van der Waals surface area contributed by atoms with E-state index in [1.54, 1.807) is 7.11 Å². The molecule has 0 radical (unpaired) electrons. The van der Waals surface area contributed by atoms with Crippen LogP contribution in [0.2, 0.25) is 0 Å². The molecule has 2 aromatic carbocycles. The number of nitrogens with one attached hydrogen (secondary N) is 1. The van der Waals surface area contributed by atoms with Gasteiger partial charge in [-0.2, -0.15) is 0 Å². The van der Waals surface area contributed by atoms with Crippen LogP contribution >= 0.6 is 0 Å². The first-order valence-corrected chi connectivity index (χ1v) is 9.04. The van der Waals surface area contributed by atoms with E-state index in [0.717, 1.165) is 43.1 Å². The zero-order valence-electron chi connectivity index (χ0n) is 15.7. The maximum atomic E-state index is 13.0. The van der Waals surface area contributed by atoms with E-state index in [1.807, 2.05) is 53.4 Å². The number of ether oxygens (including phenoxy) is 1. The molecule has 1 saturated heterocycles. The average Bonchev–Trinajstić information content (AvgIpc) is 2.68. The third kappa shape index (κ3) is 4.17. The number of carbonyl (C=O) groups excluding carboxylic acids is 1. The predicted molar refractivity (Wildman–Crippen MR) is 105 cm³/mol. The van der Waals surface area contributed by atoms with E-state index >= 15 is 0 Å². The Labute approximate surface area is 155 Å². The minimum Gasteiger partial charge on any atom is -0.497 e. The molecule has 0 spiro atoms. The van der Waals surface area contributed by atoms with E-state index in [0.29, 0.717) is 11.6 Å². The largest absolute Gasteiger partial charge is 0.497 e. The smallest absolute Gasteiger partial charge is 0.255 e. The molecule has 0 aliphatic carbocycles. The van der Waals surface area contributed by atoms with Gasteiger partial charge in [-0.15, -0.1) is 0 Å². The molecule has 5 nitrogen and oxygen atoms in total. The number of hydrogen-bond acceptors (Lipinski definition) is 4. The van der Waals surface area contributed by atoms with E-state index in [2.05, 4.69) is 24.3 Å². The van der Waals surface area contributed by atoms with Gasteiger partial charge < -0.3 is 19.9 Å². The van der Waals surface area contributed by atoms with E-state index < -0.39 is 0 Å². The highest BCUT2D eigenvalue weighted by Gasteiger charge is 2.25. The van der Waals surface area contributed by atoms with Gasteiger partial charge in [0.1, 0.15) is 5.75 Å². The van der Waals surface area contributed by atoms with Gasteiger partial charge in [0.15, 0.2) is 0 Å². The van der Waals surface area contributed by atoms with Crippen molar-refractivity contribution < 1.29 is 9.53 Å². The number of likely N-dealkylation sites (tertiary alicyclic amines) is 1. The van der Waals surface area contributed by atoms with Gasteiger partial charge in [-0.05, 0) is 63.3 Å². The normalized spacial score (nSPS) is 15.2. The molecule has 1 fully saturated rings. The van der Waals surface area contributed by atoms with Crippen LogP contribution in [-0.2, 0) is 0 Å². The lowest BCUT2D eigenvalue weighted by Crippen LogP contribution is -2.44. The summed E-state index contributed by atoms with van der Waals surface area (Å²) in [7, 11) is 5.86. The Balaban J connectivity index is 1.73. The molecule has 1 N–H and O–H groups in total. The van der Waals surface area contributed by atoms with Crippen molar-refractivity contribution in [3.63, 3.8) is 0 Å². The number of amides is 1. The fourth-order valence-electron chi connectivity index (χ4n) is 3.36. The Kier molecular flexibility index (Phi) is 5.78. The van der Waals surface area contributed by atoms with Crippen molar-refractivity contribution in [2.24, 2.45) is 0 Å². The molecule has 1 aliphatic heterocycles. The summed E-state index contributed by atoms with van der Waals surface area (Å²) in [6.07, 6.45) is 2.04. The number of anilines is 2. The van der Waals surface area contributed by atoms with Crippen LogP contribution in [0.3, 0.4) is 0 Å². The molecule has 138 valence electrons. The van der Waals surface area contributed by atoms with Crippen LogP contribution in [0.5, 0.6) is 5.75 Å². The molecule has 2 aromatic rings. The topological polar surface area (TPSA) is 44.8 Å². The Morgan fingerprint density at radius 3 is 2.35 bits per heavy atom. The molecular weight excluding hydrogens is 326 g/mol. The van der Waals surface area contributed by atoms with Gasteiger partial charge in [-0.3, -0.25) is 4.79 Å². The molecule has 0 aromatic heterocycles. The summed E-state index contributed by atoms with van der Waals surface area (Å²) in [5.74, 6) is 0.905. The quantitative estimate of drug-likeness (QED) is 0.892. The third-order valence-corrected chi connectivity index (χ3v) is 5.01. The Bertz CT molecular complexity index is 735. The molecule has 26 heavy (non-hydrogen) atoms. The van der Waals surface area contributed by atoms with E-state index in [1.165, 1.54) is 0 Å². The van der Waals surface area contributed by atoms with Crippen molar-refractivity contribution in [1.29, 1.82) is 0 Å². The zero-order chi connectivity index (χ0) is 18.5. The Morgan fingerprint density at radius 2 is 1.73 bits per heavy atom. The predicted octanol–water partition coefficient (Wildman–Crippen LogP) is 3.61. The fraction of sp³-hybridized carbons (Fsp3) is 0.381. The van der Waals surface area contributed by atoms with Crippen LogP contribution in [0, 0.1) is 0 Å². The summed E-state index contributed by atoms with van der Waals surface area (Å²) in [5, 5.41) is 3.36. The van der Waals surface area contributed by atoms with Gasteiger partial charge in [-0.1, -0.05) is 12.1 Å². The van der Waals surface area contributed by atoms with Crippen LogP contribution in [0.4, 0.5) is 11.4 Å². The average molecular weight is 353 g/mol. The van der Waals surface area contributed by atoms with Crippen LogP contribution < -0.4 is 10.1 Å². The van der Waals surface area contributed by atoms with Gasteiger partial charge in [0, 0.05) is 24.8 Å². The summed E-state index contributed by atoms with van der Waals surface area (Å²) in [6.45, 7) is 1.61. The van der Waals surface area contributed by atoms with Crippen molar-refractivity contribution in [3.05, 3.63) is 54.1 Å². The van der Waals surface area contributed by atoms with Crippen molar-refractivity contribution in [1.82, 2.24) is 9.80 Å². The Morgan fingerprint density at radius 1 is 1.08 bits per heavy atom. The van der Waals surface area contributed by atoms with Crippen LogP contribution in [-0.4, -0.2) is 56.0 Å². The lowest BCUT2D eigenvalue weighted by Gasteiger charge is -2.35. The molecule has 1 amide bonds. The molecule has 1 heterocycles. The summed E-state index contributed by atoms with van der Waals surface area (Å²) in [5.41, 5.74) is 2.47. The van der Waals surface area contributed by atoms with Gasteiger partial charge in [0.2, 0.25) is 0 Å². The minimum atomic E-state index is 0.0961. The summed E-state index contributed by atoms with van der Waals surface area (Å²) >= 11 is 0.